The average Bonchev–Trinajstić information content (AvgIpc) is 1.69. The molecule has 40 valence electrons. The molecule has 0 saturated carbocycles. The maximum absolute atomic E-state index is 7.97. The van der Waals surface area contributed by atoms with Crippen LogP contribution < -0.4 is 5.73 Å². The summed E-state index contributed by atoms with van der Waals surface area (Å²) >= 11 is 1.26. The molecule has 0 aromatic carbocycles. The zero-order valence-corrected chi connectivity index (χ0v) is 4.87. The Labute approximate surface area is 47.7 Å². The first-order chi connectivity index (χ1) is 3.41. The largest absolute Gasteiger partial charge is 0.330 e. The molecule has 0 aliphatic carbocycles. The molecule has 0 aliphatic heterocycles. The van der Waals surface area contributed by atoms with E-state index in [0.29, 0.717) is 6.54 Å². The van der Waals surface area contributed by atoms with E-state index in [-0.39, 0.29) is 0 Å². The molecule has 2 nitrogen and oxygen atoms in total. The van der Waals surface area contributed by atoms with E-state index < -0.39 is 0 Å². The highest BCUT2D eigenvalue weighted by Crippen LogP contribution is 1.95. The highest BCUT2D eigenvalue weighted by molar-refractivity contribution is 8.03. The van der Waals surface area contributed by atoms with Crippen LogP contribution in [0.15, 0.2) is 0 Å². The number of nitriles is 1. The van der Waals surface area contributed by atoms with Gasteiger partial charge in [0.1, 0.15) is 5.40 Å². The van der Waals surface area contributed by atoms with E-state index in [1.54, 1.807) is 0 Å². The van der Waals surface area contributed by atoms with Crippen LogP contribution in [-0.2, 0) is 0 Å². The standard InChI is InChI=1S/C4H8N2S/c5-2-1-3-7-4-6/h1-3,5H2. The molecule has 0 aliphatic rings. The van der Waals surface area contributed by atoms with Crippen LogP contribution in [0.25, 0.3) is 0 Å². The van der Waals surface area contributed by atoms with Gasteiger partial charge in [0.25, 0.3) is 0 Å². The fourth-order valence-electron chi connectivity index (χ4n) is 0.201. The molecule has 0 aromatic heterocycles. The van der Waals surface area contributed by atoms with Crippen LogP contribution in [0.5, 0.6) is 0 Å². The number of rotatable bonds is 3. The first-order valence-electron chi connectivity index (χ1n) is 2.12. The molecule has 0 saturated heterocycles. The lowest BCUT2D eigenvalue weighted by atomic mass is 10.5. The van der Waals surface area contributed by atoms with Gasteiger partial charge >= 0.3 is 0 Å². The van der Waals surface area contributed by atoms with E-state index in [4.69, 9.17) is 11.0 Å². The van der Waals surface area contributed by atoms with E-state index in [0.717, 1.165) is 12.2 Å². The van der Waals surface area contributed by atoms with Crippen molar-refractivity contribution in [2.45, 2.75) is 6.42 Å². The molecule has 7 heavy (non-hydrogen) atoms. The van der Waals surface area contributed by atoms with Crippen LogP contribution >= 0.6 is 11.8 Å². The maximum atomic E-state index is 7.97. The van der Waals surface area contributed by atoms with Gasteiger partial charge in [-0.3, -0.25) is 0 Å². The summed E-state index contributed by atoms with van der Waals surface area (Å²) in [6.45, 7) is 0.689. The fourth-order valence-corrected chi connectivity index (χ4v) is 0.603. The van der Waals surface area contributed by atoms with Crippen molar-refractivity contribution >= 4 is 11.8 Å². The predicted octanol–water partition coefficient (Wildman–Crippen LogP) is 0.549. The minimum atomic E-state index is 0.689. The van der Waals surface area contributed by atoms with Gasteiger partial charge in [-0.25, -0.2) is 0 Å². The third-order valence-electron chi connectivity index (χ3n) is 0.515. The van der Waals surface area contributed by atoms with Crippen molar-refractivity contribution in [2.75, 3.05) is 12.3 Å². The summed E-state index contributed by atoms with van der Waals surface area (Å²) < 4.78 is 0. The van der Waals surface area contributed by atoms with Crippen molar-refractivity contribution < 1.29 is 0 Å². The van der Waals surface area contributed by atoms with Crippen LogP contribution in [0.1, 0.15) is 6.42 Å². The molecule has 0 radical (unpaired) electrons. The van der Waals surface area contributed by atoms with Crippen molar-refractivity contribution in [3.8, 4) is 5.40 Å². The Bertz CT molecular complexity index is 66.6. The lowest BCUT2D eigenvalue weighted by molar-refractivity contribution is 0.945. The molecule has 0 unspecified atom stereocenters. The third-order valence-corrected chi connectivity index (χ3v) is 1.14. The Morgan fingerprint density at radius 1 is 1.71 bits per heavy atom. The van der Waals surface area contributed by atoms with Gasteiger partial charge in [0.15, 0.2) is 0 Å². The maximum Gasteiger partial charge on any atom is 0.133 e. The van der Waals surface area contributed by atoms with Gasteiger partial charge in [-0.1, -0.05) is 0 Å². The second-order valence-electron chi connectivity index (χ2n) is 1.08. The third kappa shape index (κ3) is 5.80. The van der Waals surface area contributed by atoms with E-state index in [9.17, 15) is 0 Å². The van der Waals surface area contributed by atoms with E-state index in [1.807, 2.05) is 5.40 Å². The Kier molecular flexibility index (Phi) is 5.63. The SMILES string of the molecule is N#CSCCCN. The molecule has 0 bridgehead atoms. The van der Waals surface area contributed by atoms with Crippen LogP contribution in [0, 0.1) is 10.7 Å². The average molecular weight is 116 g/mol. The molecule has 0 spiro atoms. The number of hydrogen-bond donors (Lipinski definition) is 1. The number of hydrogen-bond acceptors (Lipinski definition) is 3. The second kappa shape index (κ2) is 5.80. The Morgan fingerprint density at radius 2 is 2.43 bits per heavy atom. The first kappa shape index (κ1) is 6.80. The molecular weight excluding hydrogens is 108 g/mol. The Hall–Kier alpha value is -0.200. The lowest BCUT2D eigenvalue weighted by Gasteiger charge is -1.84. The highest BCUT2D eigenvalue weighted by atomic mass is 32.2. The molecule has 0 atom stereocenters. The molecule has 3 heteroatoms. The number of nitrogens with two attached hydrogens (primary N) is 1. The van der Waals surface area contributed by atoms with Gasteiger partial charge in [0.2, 0.25) is 0 Å². The summed E-state index contributed by atoms with van der Waals surface area (Å²) in [5, 5.41) is 9.93. The van der Waals surface area contributed by atoms with Crippen LogP contribution in [0.3, 0.4) is 0 Å². The number of nitrogens with zero attached hydrogens (tertiary/aromatic N) is 1. The summed E-state index contributed by atoms with van der Waals surface area (Å²) in [6, 6.07) is 0. The Balaban J connectivity index is 2.60. The van der Waals surface area contributed by atoms with Crippen LogP contribution in [0.2, 0.25) is 0 Å². The summed E-state index contributed by atoms with van der Waals surface area (Å²) in [6.07, 6.45) is 0.943. The van der Waals surface area contributed by atoms with E-state index in [2.05, 4.69) is 0 Å². The van der Waals surface area contributed by atoms with Gasteiger partial charge < -0.3 is 5.73 Å². The van der Waals surface area contributed by atoms with Crippen molar-refractivity contribution in [1.82, 2.24) is 0 Å². The van der Waals surface area contributed by atoms with Gasteiger partial charge in [0, 0.05) is 5.75 Å². The molecule has 0 fully saturated rings. The van der Waals surface area contributed by atoms with Crippen LogP contribution in [0.4, 0.5) is 0 Å². The van der Waals surface area contributed by atoms with Gasteiger partial charge in [0.05, 0.1) is 0 Å². The summed E-state index contributed by atoms with van der Waals surface area (Å²) in [7, 11) is 0. The molecular formula is C4H8N2S. The monoisotopic (exact) mass is 116 g/mol. The quantitative estimate of drug-likeness (QED) is 0.432. The summed E-state index contributed by atoms with van der Waals surface area (Å²) in [4.78, 5) is 0. The molecule has 2 N–H and O–H groups in total. The first-order valence-corrected chi connectivity index (χ1v) is 3.11. The zero-order valence-electron chi connectivity index (χ0n) is 4.05. The Morgan fingerprint density at radius 3 is 2.86 bits per heavy atom. The van der Waals surface area contributed by atoms with Crippen molar-refractivity contribution in [3.05, 3.63) is 0 Å². The molecule has 0 aromatic rings. The topological polar surface area (TPSA) is 49.8 Å². The van der Waals surface area contributed by atoms with Gasteiger partial charge in [-0.05, 0) is 24.7 Å². The zero-order chi connectivity index (χ0) is 5.54. The summed E-state index contributed by atoms with van der Waals surface area (Å²) in [5.74, 6) is 0.868. The van der Waals surface area contributed by atoms with Crippen molar-refractivity contribution in [3.63, 3.8) is 0 Å². The van der Waals surface area contributed by atoms with E-state index in [1.165, 1.54) is 11.8 Å². The molecule has 0 amide bonds. The van der Waals surface area contributed by atoms with Crippen LogP contribution in [-0.4, -0.2) is 12.3 Å². The van der Waals surface area contributed by atoms with E-state index >= 15 is 0 Å². The predicted molar refractivity (Wildman–Crippen MR) is 31.7 cm³/mol. The molecule has 0 rings (SSSR count). The van der Waals surface area contributed by atoms with Gasteiger partial charge in [-0.2, -0.15) is 5.26 Å². The molecule has 0 heterocycles. The summed E-state index contributed by atoms with van der Waals surface area (Å²) in [5.41, 5.74) is 5.15. The highest BCUT2D eigenvalue weighted by Gasteiger charge is 1.80. The lowest BCUT2D eigenvalue weighted by Crippen LogP contribution is -1.98. The number of thioether (sulfide) groups is 1. The fraction of sp³-hybridized carbons (Fsp3) is 0.750. The van der Waals surface area contributed by atoms with Crippen molar-refractivity contribution in [1.29, 1.82) is 5.26 Å². The number of thiocyanates is 1. The minimum Gasteiger partial charge on any atom is -0.330 e. The van der Waals surface area contributed by atoms with Gasteiger partial charge in [-0.15, -0.1) is 0 Å². The minimum absolute atomic E-state index is 0.689. The normalized spacial score (nSPS) is 8.00. The smallest absolute Gasteiger partial charge is 0.133 e. The second-order valence-corrected chi connectivity index (χ2v) is 1.96. The van der Waals surface area contributed by atoms with Crippen molar-refractivity contribution in [2.24, 2.45) is 5.73 Å².